The first-order valence-corrected chi connectivity index (χ1v) is 11.6. The average Bonchev–Trinajstić information content (AvgIpc) is 3.43. The number of hydrogen-bond acceptors (Lipinski definition) is 7. The standard InChI is InChI=1S/C23H31N5O3S/c1-4-11-27(3)23-26-18(14-32-23)13-31-21-8-6-5-7-17(21)9-10-20(16(2)29)28-12-19(22(24)30)25-15-28/h5-8,12,14-16,20,29H,4,9-11,13H2,1-3H3,(H2,24,30). The van der Waals surface area contributed by atoms with Crippen molar-refractivity contribution >= 4 is 22.4 Å². The Morgan fingerprint density at radius 3 is 2.84 bits per heavy atom. The summed E-state index contributed by atoms with van der Waals surface area (Å²) < 4.78 is 7.84. The molecule has 2 unspecified atom stereocenters. The highest BCUT2D eigenvalue weighted by atomic mass is 32.1. The Morgan fingerprint density at radius 1 is 1.38 bits per heavy atom. The fraction of sp³-hybridized carbons (Fsp3) is 0.435. The third-order valence-corrected chi connectivity index (χ3v) is 6.28. The van der Waals surface area contributed by atoms with Crippen LogP contribution in [0.15, 0.2) is 42.2 Å². The Morgan fingerprint density at radius 2 is 2.16 bits per heavy atom. The molecule has 0 aliphatic heterocycles. The quantitative estimate of drug-likeness (QED) is 0.432. The van der Waals surface area contributed by atoms with Gasteiger partial charge in [0.05, 0.1) is 24.2 Å². The number of aliphatic hydroxyl groups excluding tert-OH is 1. The Balaban J connectivity index is 1.64. The van der Waals surface area contributed by atoms with E-state index in [1.165, 1.54) is 6.33 Å². The van der Waals surface area contributed by atoms with E-state index >= 15 is 0 Å². The molecule has 172 valence electrons. The molecule has 0 spiro atoms. The number of para-hydroxylation sites is 1. The van der Waals surface area contributed by atoms with Gasteiger partial charge in [-0.25, -0.2) is 9.97 Å². The number of nitrogens with two attached hydrogens (primary N) is 1. The molecule has 8 nitrogen and oxygen atoms in total. The molecular weight excluding hydrogens is 426 g/mol. The van der Waals surface area contributed by atoms with Crippen molar-refractivity contribution in [1.29, 1.82) is 0 Å². The number of benzene rings is 1. The van der Waals surface area contributed by atoms with Crippen LogP contribution in [0.1, 0.15) is 54.5 Å². The summed E-state index contributed by atoms with van der Waals surface area (Å²) in [4.78, 5) is 22.2. The van der Waals surface area contributed by atoms with Crippen molar-refractivity contribution in [1.82, 2.24) is 14.5 Å². The van der Waals surface area contributed by atoms with Crippen molar-refractivity contribution in [3.8, 4) is 5.75 Å². The normalized spacial score (nSPS) is 13.0. The maximum atomic E-state index is 11.4. The molecule has 0 saturated carbocycles. The predicted octanol–water partition coefficient (Wildman–Crippen LogP) is 3.42. The molecule has 0 saturated heterocycles. The van der Waals surface area contributed by atoms with Gasteiger partial charge in [0.2, 0.25) is 0 Å². The van der Waals surface area contributed by atoms with Crippen molar-refractivity contribution in [2.75, 3.05) is 18.5 Å². The molecule has 9 heteroatoms. The minimum absolute atomic E-state index is 0.187. The molecule has 0 fully saturated rings. The minimum atomic E-state index is -0.619. The van der Waals surface area contributed by atoms with Crippen LogP contribution in [-0.4, -0.2) is 45.2 Å². The molecule has 2 aromatic heterocycles. The summed E-state index contributed by atoms with van der Waals surface area (Å²) in [6, 6.07) is 7.66. The van der Waals surface area contributed by atoms with Crippen molar-refractivity contribution in [2.45, 2.75) is 51.9 Å². The van der Waals surface area contributed by atoms with Crippen LogP contribution in [0.2, 0.25) is 0 Å². The highest BCUT2D eigenvalue weighted by Crippen LogP contribution is 2.26. The molecule has 2 atom stereocenters. The number of rotatable bonds is 12. The van der Waals surface area contributed by atoms with E-state index in [1.54, 1.807) is 29.0 Å². The molecule has 0 bridgehead atoms. The lowest BCUT2D eigenvalue weighted by molar-refractivity contribution is 0.0994. The Bertz CT molecular complexity index is 1020. The number of ether oxygens (including phenoxy) is 1. The van der Waals surface area contributed by atoms with Crippen LogP contribution in [0.3, 0.4) is 0 Å². The second-order valence-electron chi connectivity index (χ2n) is 7.86. The number of hydrogen-bond donors (Lipinski definition) is 2. The van der Waals surface area contributed by atoms with Crippen molar-refractivity contribution in [2.24, 2.45) is 5.73 Å². The first-order chi connectivity index (χ1) is 15.4. The van der Waals surface area contributed by atoms with Crippen LogP contribution in [0.4, 0.5) is 5.13 Å². The molecule has 2 heterocycles. The summed E-state index contributed by atoms with van der Waals surface area (Å²) in [6.45, 7) is 5.25. The Labute approximate surface area is 192 Å². The van der Waals surface area contributed by atoms with E-state index < -0.39 is 12.0 Å². The average molecular weight is 458 g/mol. The number of carbonyl (C=O) groups excluding carboxylic acids is 1. The zero-order valence-electron chi connectivity index (χ0n) is 18.8. The fourth-order valence-corrected chi connectivity index (χ4v) is 4.36. The first-order valence-electron chi connectivity index (χ1n) is 10.8. The van der Waals surface area contributed by atoms with E-state index in [2.05, 4.69) is 21.8 Å². The van der Waals surface area contributed by atoms with Crippen molar-refractivity contribution in [3.63, 3.8) is 0 Å². The molecular formula is C23H31N5O3S. The van der Waals surface area contributed by atoms with Gasteiger partial charge in [0.1, 0.15) is 18.1 Å². The number of carbonyl (C=O) groups is 1. The second kappa shape index (κ2) is 11.1. The van der Waals surface area contributed by atoms with Gasteiger partial charge in [-0.2, -0.15) is 0 Å². The van der Waals surface area contributed by atoms with Gasteiger partial charge in [-0.3, -0.25) is 4.79 Å². The fourth-order valence-electron chi connectivity index (χ4n) is 3.56. The van der Waals surface area contributed by atoms with Gasteiger partial charge in [0.15, 0.2) is 5.13 Å². The van der Waals surface area contributed by atoms with Gasteiger partial charge < -0.3 is 25.0 Å². The van der Waals surface area contributed by atoms with E-state index in [9.17, 15) is 9.90 Å². The van der Waals surface area contributed by atoms with Crippen LogP contribution in [0.5, 0.6) is 5.75 Å². The van der Waals surface area contributed by atoms with E-state index in [0.717, 1.165) is 35.1 Å². The number of aliphatic hydroxyl groups is 1. The molecule has 0 radical (unpaired) electrons. The number of aryl methyl sites for hydroxylation is 1. The molecule has 3 aromatic rings. The maximum Gasteiger partial charge on any atom is 0.268 e. The third kappa shape index (κ3) is 6.08. The first kappa shape index (κ1) is 23.7. The maximum absolute atomic E-state index is 11.4. The SMILES string of the molecule is CCCN(C)c1nc(COc2ccccc2CCC(C(C)O)n2cnc(C(N)=O)c2)cs1. The Kier molecular flexibility index (Phi) is 8.24. The molecule has 32 heavy (non-hydrogen) atoms. The Hall–Kier alpha value is -2.91. The van der Waals surface area contributed by atoms with Crippen LogP contribution in [-0.2, 0) is 13.0 Å². The van der Waals surface area contributed by atoms with E-state index in [4.69, 9.17) is 10.5 Å². The number of aromatic nitrogens is 3. The lowest BCUT2D eigenvalue weighted by atomic mass is 10.0. The molecule has 0 aliphatic rings. The van der Waals surface area contributed by atoms with Gasteiger partial charge in [0, 0.05) is 25.2 Å². The van der Waals surface area contributed by atoms with E-state index in [1.807, 2.05) is 36.7 Å². The van der Waals surface area contributed by atoms with Gasteiger partial charge in [0.25, 0.3) is 5.91 Å². The summed E-state index contributed by atoms with van der Waals surface area (Å²) in [5, 5.41) is 13.3. The smallest absolute Gasteiger partial charge is 0.268 e. The zero-order chi connectivity index (χ0) is 23.1. The molecule has 3 rings (SSSR count). The minimum Gasteiger partial charge on any atom is -0.487 e. The van der Waals surface area contributed by atoms with Gasteiger partial charge in [-0.1, -0.05) is 25.1 Å². The monoisotopic (exact) mass is 457 g/mol. The number of thiazole rings is 1. The number of anilines is 1. The van der Waals surface area contributed by atoms with Crippen LogP contribution >= 0.6 is 11.3 Å². The highest BCUT2D eigenvalue weighted by Gasteiger charge is 2.19. The third-order valence-electron chi connectivity index (χ3n) is 5.28. The summed E-state index contributed by atoms with van der Waals surface area (Å²) in [7, 11) is 2.05. The molecule has 1 aromatic carbocycles. The second-order valence-corrected chi connectivity index (χ2v) is 8.69. The number of imidazole rings is 1. The van der Waals surface area contributed by atoms with E-state index in [0.29, 0.717) is 19.4 Å². The topological polar surface area (TPSA) is 106 Å². The largest absolute Gasteiger partial charge is 0.487 e. The number of primary amides is 1. The highest BCUT2D eigenvalue weighted by molar-refractivity contribution is 7.13. The summed E-state index contributed by atoms with van der Waals surface area (Å²) >= 11 is 1.62. The summed E-state index contributed by atoms with van der Waals surface area (Å²) in [5.74, 6) is 0.217. The van der Waals surface area contributed by atoms with Gasteiger partial charge >= 0.3 is 0 Å². The predicted molar refractivity (Wildman–Crippen MR) is 126 cm³/mol. The number of amides is 1. The number of nitrogens with zero attached hydrogens (tertiary/aromatic N) is 4. The molecule has 1 amide bonds. The van der Waals surface area contributed by atoms with Gasteiger partial charge in [-0.05, 0) is 37.8 Å². The lowest BCUT2D eigenvalue weighted by Gasteiger charge is -2.22. The van der Waals surface area contributed by atoms with Crippen molar-refractivity contribution in [3.05, 3.63) is 59.1 Å². The van der Waals surface area contributed by atoms with Gasteiger partial charge in [-0.15, -0.1) is 11.3 Å². The van der Waals surface area contributed by atoms with Crippen molar-refractivity contribution < 1.29 is 14.6 Å². The molecule has 3 N–H and O–H groups in total. The van der Waals surface area contributed by atoms with E-state index in [-0.39, 0.29) is 11.7 Å². The zero-order valence-corrected chi connectivity index (χ0v) is 19.6. The van der Waals surface area contributed by atoms with Crippen LogP contribution in [0, 0.1) is 0 Å². The molecule has 0 aliphatic carbocycles. The summed E-state index contributed by atoms with van der Waals surface area (Å²) in [5.41, 5.74) is 7.44. The lowest BCUT2D eigenvalue weighted by Crippen LogP contribution is -2.21. The van der Waals surface area contributed by atoms with Crippen LogP contribution < -0.4 is 15.4 Å². The van der Waals surface area contributed by atoms with Crippen LogP contribution in [0.25, 0.3) is 0 Å². The summed E-state index contributed by atoms with van der Waals surface area (Å²) in [6.07, 6.45) is 4.91.